The van der Waals surface area contributed by atoms with E-state index in [0.717, 1.165) is 0 Å². The molecule has 0 aliphatic rings. The second-order valence-corrected chi connectivity index (χ2v) is 2.59. The van der Waals surface area contributed by atoms with E-state index in [9.17, 15) is 14.4 Å². The molecule has 0 radical (unpaired) electrons. The van der Waals surface area contributed by atoms with Gasteiger partial charge in [0.05, 0.1) is 0 Å². The van der Waals surface area contributed by atoms with Gasteiger partial charge in [0, 0.05) is 0 Å². The Bertz CT molecular complexity index is 273. The van der Waals surface area contributed by atoms with Crippen LogP contribution in [0.4, 0.5) is 14.4 Å². The van der Waals surface area contributed by atoms with Crippen LogP contribution in [-0.4, -0.2) is 52.6 Å². The van der Waals surface area contributed by atoms with Crippen molar-refractivity contribution in [3.05, 3.63) is 0 Å². The van der Waals surface area contributed by atoms with Crippen molar-refractivity contribution in [3.63, 3.8) is 0 Å². The van der Waals surface area contributed by atoms with Crippen molar-refractivity contribution in [3.8, 4) is 0 Å². The van der Waals surface area contributed by atoms with Crippen molar-refractivity contribution in [1.82, 2.24) is 0 Å². The van der Waals surface area contributed by atoms with Crippen molar-refractivity contribution >= 4 is 18.5 Å². The molecule has 0 aliphatic carbocycles. The first-order valence-electron chi connectivity index (χ1n) is 3.97. The summed E-state index contributed by atoms with van der Waals surface area (Å²) in [5.74, 6) is 0. The summed E-state index contributed by atoms with van der Waals surface area (Å²) in [6.45, 7) is 0.545. The summed E-state index contributed by atoms with van der Waals surface area (Å²) in [6.07, 6.45) is -7.51. The minimum Gasteiger partial charge on any atom is -0.450 e. The van der Waals surface area contributed by atoms with Gasteiger partial charge in [0.1, 0.15) is 12.7 Å². The number of hydrogen-bond donors (Lipinski definition) is 3. The predicted molar refractivity (Wildman–Crippen MR) is 45.4 cm³/mol. The standard InChI is InChI=1S/C7H10O9/c1-3(15-6(10)11)4(16-7(12)13)2-14-5(8)9/h3-4H,2H2,1H3,(H,8,9)(H,10,11)(H,12,13). The molecular weight excluding hydrogens is 228 g/mol. The molecule has 2 unspecified atom stereocenters. The first-order valence-corrected chi connectivity index (χ1v) is 3.97. The van der Waals surface area contributed by atoms with Crippen molar-refractivity contribution in [2.45, 2.75) is 19.1 Å². The van der Waals surface area contributed by atoms with Crippen LogP contribution in [0, 0.1) is 0 Å². The Morgan fingerprint density at radius 1 is 1.00 bits per heavy atom. The van der Waals surface area contributed by atoms with E-state index in [1.165, 1.54) is 6.92 Å². The van der Waals surface area contributed by atoms with Gasteiger partial charge in [-0.3, -0.25) is 0 Å². The molecule has 0 rings (SSSR count). The van der Waals surface area contributed by atoms with Gasteiger partial charge in [-0.25, -0.2) is 14.4 Å². The third-order valence-electron chi connectivity index (χ3n) is 1.43. The van der Waals surface area contributed by atoms with E-state index < -0.39 is 37.3 Å². The third-order valence-corrected chi connectivity index (χ3v) is 1.43. The fourth-order valence-corrected chi connectivity index (χ4v) is 0.783. The van der Waals surface area contributed by atoms with Crippen LogP contribution >= 0.6 is 0 Å². The summed E-state index contributed by atoms with van der Waals surface area (Å²) in [5, 5.41) is 24.7. The number of ether oxygens (including phenoxy) is 3. The summed E-state index contributed by atoms with van der Waals surface area (Å²) in [4.78, 5) is 30.4. The van der Waals surface area contributed by atoms with Crippen LogP contribution in [0.1, 0.15) is 6.92 Å². The molecule has 3 N–H and O–H groups in total. The van der Waals surface area contributed by atoms with E-state index in [4.69, 9.17) is 15.3 Å². The van der Waals surface area contributed by atoms with Gasteiger partial charge in [-0.2, -0.15) is 0 Å². The lowest BCUT2D eigenvalue weighted by Crippen LogP contribution is -2.36. The highest BCUT2D eigenvalue weighted by atomic mass is 16.7. The molecule has 0 aromatic heterocycles. The molecule has 0 spiro atoms. The largest absolute Gasteiger partial charge is 0.506 e. The minimum absolute atomic E-state index is 0.657. The van der Waals surface area contributed by atoms with Crippen LogP contribution in [0.2, 0.25) is 0 Å². The smallest absolute Gasteiger partial charge is 0.450 e. The number of hydrogen-bond acceptors (Lipinski definition) is 6. The maximum atomic E-state index is 10.2. The fraction of sp³-hybridized carbons (Fsp3) is 0.571. The average Bonchev–Trinajstić information content (AvgIpc) is 2.09. The SMILES string of the molecule is CC(OC(=O)O)C(COC(=O)O)OC(=O)O. The van der Waals surface area contributed by atoms with Crippen LogP contribution in [0.3, 0.4) is 0 Å². The average molecular weight is 238 g/mol. The van der Waals surface area contributed by atoms with Gasteiger partial charge >= 0.3 is 18.5 Å². The van der Waals surface area contributed by atoms with E-state index in [2.05, 4.69) is 14.2 Å². The fourth-order valence-electron chi connectivity index (χ4n) is 0.783. The van der Waals surface area contributed by atoms with E-state index >= 15 is 0 Å². The lowest BCUT2D eigenvalue weighted by Gasteiger charge is -2.20. The Kier molecular flexibility index (Phi) is 5.46. The molecule has 16 heavy (non-hydrogen) atoms. The Labute approximate surface area is 89.1 Å². The Morgan fingerprint density at radius 3 is 1.88 bits per heavy atom. The van der Waals surface area contributed by atoms with Gasteiger partial charge in [0.2, 0.25) is 0 Å². The van der Waals surface area contributed by atoms with Gasteiger partial charge in [-0.05, 0) is 6.92 Å². The topological polar surface area (TPSA) is 140 Å². The first kappa shape index (κ1) is 13.8. The summed E-state index contributed by atoms with van der Waals surface area (Å²) in [6, 6.07) is 0. The predicted octanol–water partition coefficient (Wildman–Crippen LogP) is 0.827. The van der Waals surface area contributed by atoms with E-state index in [-0.39, 0.29) is 0 Å². The van der Waals surface area contributed by atoms with Gasteiger partial charge in [-0.15, -0.1) is 0 Å². The lowest BCUT2D eigenvalue weighted by atomic mass is 10.2. The molecule has 9 heteroatoms. The molecule has 0 fully saturated rings. The molecule has 0 aromatic carbocycles. The van der Waals surface area contributed by atoms with Crippen LogP contribution in [0.25, 0.3) is 0 Å². The molecule has 9 nitrogen and oxygen atoms in total. The Hall–Kier alpha value is -2.19. The van der Waals surface area contributed by atoms with Crippen LogP contribution in [-0.2, 0) is 14.2 Å². The molecular formula is C7H10O9. The van der Waals surface area contributed by atoms with Crippen molar-refractivity contribution < 1.29 is 43.9 Å². The maximum absolute atomic E-state index is 10.2. The molecule has 2 atom stereocenters. The summed E-state index contributed by atoms with van der Waals surface area (Å²) in [7, 11) is 0. The Balaban J connectivity index is 4.33. The Morgan fingerprint density at radius 2 is 1.50 bits per heavy atom. The van der Waals surface area contributed by atoms with Crippen LogP contribution < -0.4 is 0 Å². The van der Waals surface area contributed by atoms with Crippen molar-refractivity contribution in [1.29, 1.82) is 0 Å². The lowest BCUT2D eigenvalue weighted by molar-refractivity contribution is -0.0591. The molecule has 0 aliphatic heterocycles. The van der Waals surface area contributed by atoms with E-state index in [1.54, 1.807) is 0 Å². The third kappa shape index (κ3) is 6.29. The highest BCUT2D eigenvalue weighted by Crippen LogP contribution is 2.06. The number of rotatable bonds is 5. The van der Waals surface area contributed by atoms with Gasteiger partial charge < -0.3 is 29.5 Å². The van der Waals surface area contributed by atoms with Gasteiger partial charge in [0.25, 0.3) is 0 Å². The maximum Gasteiger partial charge on any atom is 0.506 e. The van der Waals surface area contributed by atoms with Crippen molar-refractivity contribution in [2.75, 3.05) is 6.61 Å². The minimum atomic E-state index is -1.69. The van der Waals surface area contributed by atoms with Crippen LogP contribution in [0.5, 0.6) is 0 Å². The highest BCUT2D eigenvalue weighted by Gasteiger charge is 2.26. The zero-order chi connectivity index (χ0) is 12.7. The molecule has 0 aromatic rings. The molecule has 0 saturated carbocycles. The molecule has 0 heterocycles. The molecule has 0 saturated heterocycles. The van der Waals surface area contributed by atoms with Crippen molar-refractivity contribution in [2.24, 2.45) is 0 Å². The molecule has 0 bridgehead atoms. The van der Waals surface area contributed by atoms with E-state index in [1.807, 2.05) is 0 Å². The second kappa shape index (κ2) is 6.32. The molecule has 92 valence electrons. The zero-order valence-corrected chi connectivity index (χ0v) is 8.15. The first-order chi connectivity index (χ1) is 7.32. The number of carbonyl (C=O) groups is 3. The van der Waals surface area contributed by atoms with Gasteiger partial charge in [0.15, 0.2) is 6.10 Å². The highest BCUT2D eigenvalue weighted by molar-refractivity contribution is 5.59. The summed E-state index contributed by atoms with van der Waals surface area (Å²) >= 11 is 0. The summed E-state index contributed by atoms with van der Waals surface area (Å²) in [5.41, 5.74) is 0. The normalized spacial score (nSPS) is 13.3. The quantitative estimate of drug-likeness (QED) is 0.469. The van der Waals surface area contributed by atoms with Gasteiger partial charge in [-0.1, -0.05) is 0 Å². The summed E-state index contributed by atoms with van der Waals surface area (Å²) < 4.78 is 12.5. The zero-order valence-electron chi connectivity index (χ0n) is 8.15. The second-order valence-electron chi connectivity index (χ2n) is 2.59. The van der Waals surface area contributed by atoms with E-state index in [0.29, 0.717) is 0 Å². The molecule has 0 amide bonds. The van der Waals surface area contributed by atoms with Crippen LogP contribution in [0.15, 0.2) is 0 Å². The monoisotopic (exact) mass is 238 g/mol. The number of carboxylic acid groups (broad SMARTS) is 3.